The van der Waals surface area contributed by atoms with Crippen molar-refractivity contribution >= 4 is 26.0 Å². The van der Waals surface area contributed by atoms with Crippen LogP contribution in [-0.2, 0) is 23.2 Å². The molecule has 2 aromatic carbocycles. The molecule has 0 fully saturated rings. The fourth-order valence-corrected chi connectivity index (χ4v) is 3.76. The van der Waals surface area contributed by atoms with E-state index >= 15 is 0 Å². The normalized spacial score (nSPS) is 11.6. The van der Waals surface area contributed by atoms with E-state index in [1.165, 1.54) is 24.3 Å². The van der Waals surface area contributed by atoms with E-state index in [1.54, 1.807) is 18.2 Å². The summed E-state index contributed by atoms with van der Waals surface area (Å²) in [5, 5.41) is 9.08. The molecular formula is C14H13BrFNO3S. The maximum absolute atomic E-state index is 13.5. The summed E-state index contributed by atoms with van der Waals surface area (Å²) < 4.78 is 40.7. The number of halogens is 2. The third-order valence-corrected chi connectivity index (χ3v) is 5.27. The lowest BCUT2D eigenvalue weighted by molar-refractivity contribution is 0.281. The molecule has 0 aliphatic rings. The zero-order valence-electron chi connectivity index (χ0n) is 10.9. The van der Waals surface area contributed by atoms with Crippen LogP contribution < -0.4 is 4.72 Å². The number of nitrogens with one attached hydrogen (secondary N) is 1. The molecule has 0 amide bonds. The summed E-state index contributed by atoms with van der Waals surface area (Å²) >= 11 is 3.16. The number of benzene rings is 2. The number of aliphatic hydroxyl groups excluding tert-OH is 1. The van der Waals surface area contributed by atoms with Crippen molar-refractivity contribution in [2.45, 2.75) is 18.0 Å². The van der Waals surface area contributed by atoms with Crippen LogP contribution in [0.15, 0.2) is 51.8 Å². The van der Waals surface area contributed by atoms with E-state index in [1.807, 2.05) is 0 Å². The van der Waals surface area contributed by atoms with E-state index < -0.39 is 15.8 Å². The predicted molar refractivity (Wildman–Crippen MR) is 80.5 cm³/mol. The van der Waals surface area contributed by atoms with Crippen LogP contribution in [0.2, 0.25) is 0 Å². The lowest BCUT2D eigenvalue weighted by atomic mass is 10.2. The molecule has 0 saturated carbocycles. The Kier molecular flexibility index (Phi) is 5.10. The van der Waals surface area contributed by atoms with Gasteiger partial charge in [-0.25, -0.2) is 17.5 Å². The zero-order valence-corrected chi connectivity index (χ0v) is 13.3. The van der Waals surface area contributed by atoms with Crippen LogP contribution in [0.1, 0.15) is 11.1 Å². The molecule has 0 bridgehead atoms. The summed E-state index contributed by atoms with van der Waals surface area (Å²) in [7, 11) is -3.81. The highest BCUT2D eigenvalue weighted by atomic mass is 79.9. The monoisotopic (exact) mass is 373 g/mol. The van der Waals surface area contributed by atoms with Crippen molar-refractivity contribution in [2.75, 3.05) is 0 Å². The SMILES string of the molecule is O=S(=O)(NCc1ccccc1F)c1cc(CO)ccc1Br. The highest BCUT2D eigenvalue weighted by Crippen LogP contribution is 2.23. The van der Waals surface area contributed by atoms with E-state index in [0.29, 0.717) is 10.0 Å². The average molecular weight is 374 g/mol. The largest absolute Gasteiger partial charge is 0.392 e. The Balaban J connectivity index is 2.25. The van der Waals surface area contributed by atoms with Crippen molar-refractivity contribution in [2.24, 2.45) is 0 Å². The van der Waals surface area contributed by atoms with Gasteiger partial charge in [-0.2, -0.15) is 0 Å². The first-order valence-electron chi connectivity index (χ1n) is 6.06. The zero-order chi connectivity index (χ0) is 15.5. The third kappa shape index (κ3) is 3.88. The summed E-state index contributed by atoms with van der Waals surface area (Å²) in [4.78, 5) is 0.00499. The summed E-state index contributed by atoms with van der Waals surface area (Å²) in [6.07, 6.45) is 0. The molecule has 2 aromatic rings. The van der Waals surface area contributed by atoms with Crippen LogP contribution >= 0.6 is 15.9 Å². The van der Waals surface area contributed by atoms with Crippen molar-refractivity contribution in [3.05, 3.63) is 63.9 Å². The first-order valence-corrected chi connectivity index (χ1v) is 8.34. The Labute approximate surface area is 130 Å². The van der Waals surface area contributed by atoms with Crippen LogP contribution in [0.25, 0.3) is 0 Å². The molecule has 21 heavy (non-hydrogen) atoms. The van der Waals surface area contributed by atoms with Gasteiger partial charge in [0.25, 0.3) is 0 Å². The van der Waals surface area contributed by atoms with Crippen LogP contribution in [0.4, 0.5) is 4.39 Å². The van der Waals surface area contributed by atoms with Crippen LogP contribution in [-0.4, -0.2) is 13.5 Å². The topological polar surface area (TPSA) is 66.4 Å². The van der Waals surface area contributed by atoms with Crippen molar-refractivity contribution in [1.29, 1.82) is 0 Å². The van der Waals surface area contributed by atoms with Crippen molar-refractivity contribution in [1.82, 2.24) is 4.72 Å². The molecule has 4 nitrogen and oxygen atoms in total. The van der Waals surface area contributed by atoms with Gasteiger partial charge in [0.2, 0.25) is 10.0 Å². The Hall–Kier alpha value is -1.28. The van der Waals surface area contributed by atoms with Crippen molar-refractivity contribution < 1.29 is 17.9 Å². The second-order valence-corrected chi connectivity index (χ2v) is 6.93. The lowest BCUT2D eigenvalue weighted by Crippen LogP contribution is -2.24. The van der Waals surface area contributed by atoms with Gasteiger partial charge < -0.3 is 5.11 Å². The number of sulfonamides is 1. The van der Waals surface area contributed by atoms with Gasteiger partial charge in [0.05, 0.1) is 11.5 Å². The molecule has 112 valence electrons. The molecule has 0 unspecified atom stereocenters. The minimum atomic E-state index is -3.81. The Bertz CT molecular complexity index is 750. The number of hydrogen-bond donors (Lipinski definition) is 2. The number of aliphatic hydroxyl groups is 1. The predicted octanol–water partition coefficient (Wildman–Crippen LogP) is 2.56. The van der Waals surface area contributed by atoms with Gasteiger partial charge in [0.1, 0.15) is 5.82 Å². The van der Waals surface area contributed by atoms with Crippen LogP contribution in [0.3, 0.4) is 0 Å². The number of hydrogen-bond acceptors (Lipinski definition) is 3. The van der Waals surface area contributed by atoms with Gasteiger partial charge in [-0.15, -0.1) is 0 Å². The molecule has 0 spiro atoms. The summed E-state index contributed by atoms with van der Waals surface area (Å²) in [5.41, 5.74) is 0.736. The molecule has 0 saturated heterocycles. The summed E-state index contributed by atoms with van der Waals surface area (Å²) in [6.45, 7) is -0.409. The van der Waals surface area contributed by atoms with E-state index in [2.05, 4.69) is 20.7 Å². The second kappa shape index (κ2) is 6.65. The standard InChI is InChI=1S/C14H13BrFNO3S/c15-12-6-5-10(9-18)7-14(12)21(19,20)17-8-11-3-1-2-4-13(11)16/h1-7,17-18H,8-9H2. The highest BCUT2D eigenvalue weighted by Gasteiger charge is 2.18. The van der Waals surface area contributed by atoms with Gasteiger partial charge >= 0.3 is 0 Å². The van der Waals surface area contributed by atoms with E-state index in [-0.39, 0.29) is 23.6 Å². The molecule has 0 atom stereocenters. The van der Waals surface area contributed by atoms with E-state index in [0.717, 1.165) is 0 Å². The molecule has 0 heterocycles. The van der Waals surface area contributed by atoms with Gasteiger partial charge in [-0.05, 0) is 39.7 Å². The minimum Gasteiger partial charge on any atom is -0.392 e. The fourth-order valence-electron chi connectivity index (χ4n) is 1.74. The lowest BCUT2D eigenvalue weighted by Gasteiger charge is -2.10. The van der Waals surface area contributed by atoms with Gasteiger partial charge in [-0.1, -0.05) is 24.3 Å². The van der Waals surface area contributed by atoms with Crippen LogP contribution in [0, 0.1) is 5.82 Å². The summed E-state index contributed by atoms with van der Waals surface area (Å²) in [5.74, 6) is -0.469. The summed E-state index contributed by atoms with van der Waals surface area (Å²) in [6, 6.07) is 10.5. The molecule has 2 rings (SSSR count). The fraction of sp³-hybridized carbons (Fsp3) is 0.143. The smallest absolute Gasteiger partial charge is 0.242 e. The Morgan fingerprint density at radius 2 is 1.90 bits per heavy atom. The van der Waals surface area contributed by atoms with Gasteiger partial charge in [0, 0.05) is 16.6 Å². The number of rotatable bonds is 5. The molecule has 0 aliphatic heterocycles. The van der Waals surface area contributed by atoms with Crippen LogP contribution in [0.5, 0.6) is 0 Å². The molecule has 0 aliphatic carbocycles. The van der Waals surface area contributed by atoms with Crippen molar-refractivity contribution in [3.63, 3.8) is 0 Å². The Morgan fingerprint density at radius 3 is 2.57 bits per heavy atom. The second-order valence-electron chi connectivity index (χ2n) is 4.34. The highest BCUT2D eigenvalue weighted by molar-refractivity contribution is 9.10. The maximum Gasteiger partial charge on any atom is 0.242 e. The molecule has 0 radical (unpaired) electrons. The third-order valence-electron chi connectivity index (χ3n) is 2.88. The minimum absolute atomic E-state index is 0.00499. The van der Waals surface area contributed by atoms with Gasteiger partial charge in [0.15, 0.2) is 0 Å². The van der Waals surface area contributed by atoms with Crippen molar-refractivity contribution in [3.8, 4) is 0 Å². The quantitative estimate of drug-likeness (QED) is 0.846. The molecule has 0 aromatic heterocycles. The molecule has 2 N–H and O–H groups in total. The van der Waals surface area contributed by atoms with E-state index in [9.17, 15) is 12.8 Å². The molecular weight excluding hydrogens is 361 g/mol. The first kappa shape index (κ1) is 16.1. The van der Waals surface area contributed by atoms with E-state index in [4.69, 9.17) is 5.11 Å². The van der Waals surface area contributed by atoms with Gasteiger partial charge in [-0.3, -0.25) is 0 Å². The maximum atomic E-state index is 13.5. The average Bonchev–Trinajstić information content (AvgIpc) is 2.47. The Morgan fingerprint density at radius 1 is 1.19 bits per heavy atom. The first-order chi connectivity index (χ1) is 9.94. The molecule has 7 heteroatoms.